The first-order valence-electron chi connectivity index (χ1n) is 11.7. The van der Waals surface area contributed by atoms with Crippen LogP contribution in [-0.2, 0) is 24.6 Å². The Bertz CT molecular complexity index is 879. The quantitative estimate of drug-likeness (QED) is 0.206. The summed E-state index contributed by atoms with van der Waals surface area (Å²) in [5.74, 6) is 0.872. The molecule has 2 aromatic rings. The van der Waals surface area contributed by atoms with Crippen molar-refractivity contribution in [1.82, 2.24) is 20.4 Å². The van der Waals surface area contributed by atoms with E-state index in [0.29, 0.717) is 0 Å². The van der Waals surface area contributed by atoms with Crippen molar-refractivity contribution in [3.63, 3.8) is 0 Å². The van der Waals surface area contributed by atoms with Crippen LogP contribution in [0.1, 0.15) is 67.3 Å². The van der Waals surface area contributed by atoms with E-state index in [1.165, 1.54) is 35.2 Å². The summed E-state index contributed by atoms with van der Waals surface area (Å²) in [6.45, 7) is 10.8. The molecule has 0 saturated carbocycles. The van der Waals surface area contributed by atoms with Crippen LogP contribution in [0.25, 0.3) is 0 Å². The predicted molar refractivity (Wildman–Crippen MR) is 143 cm³/mol. The summed E-state index contributed by atoms with van der Waals surface area (Å²) in [5, 5.41) is 11.4. The molecule has 2 N–H and O–H groups in total. The highest BCUT2D eigenvalue weighted by Crippen LogP contribution is 2.32. The third-order valence-electron chi connectivity index (χ3n) is 6.10. The molecule has 32 heavy (non-hydrogen) atoms. The molecular formula is C25H40IN5O. The van der Waals surface area contributed by atoms with Crippen LogP contribution in [0.3, 0.4) is 0 Å². The molecule has 2 atom stereocenters. The number of aromatic nitrogens is 2. The fraction of sp³-hybridized carbons (Fsp3) is 0.600. The number of rotatable bonds is 9. The number of nitrogens with one attached hydrogen (secondary N) is 2. The fourth-order valence-electron chi connectivity index (χ4n) is 4.39. The lowest BCUT2D eigenvalue weighted by atomic mass is 9.89. The van der Waals surface area contributed by atoms with Crippen LogP contribution in [0, 0.1) is 13.8 Å². The van der Waals surface area contributed by atoms with E-state index in [4.69, 9.17) is 9.73 Å². The standard InChI is InChI=1S/C25H39N5O.HI/c1-6-26-25(28-18(2)17-23-19(3)29-30(5)20(23)4)27-15-10-16-31-24-14-9-12-21-11-7-8-13-22(21)24;/h7-8,11,13,18,24H,6,9-10,12,14-17H2,1-5H3,(H2,26,27,28);1H. The van der Waals surface area contributed by atoms with E-state index in [-0.39, 0.29) is 36.1 Å². The SMILES string of the molecule is CCNC(=NCCCOC1CCCc2ccccc21)NC(C)Cc1c(C)nn(C)c1C.I. The molecule has 0 radical (unpaired) electrons. The number of guanidine groups is 1. The molecule has 3 rings (SSSR count). The van der Waals surface area contributed by atoms with Gasteiger partial charge in [-0.15, -0.1) is 24.0 Å². The van der Waals surface area contributed by atoms with Crippen LogP contribution in [0.15, 0.2) is 29.3 Å². The van der Waals surface area contributed by atoms with Crippen LogP contribution in [0.5, 0.6) is 0 Å². The van der Waals surface area contributed by atoms with Crippen LogP contribution in [0.2, 0.25) is 0 Å². The highest BCUT2D eigenvalue weighted by atomic mass is 127. The minimum Gasteiger partial charge on any atom is -0.373 e. The minimum atomic E-state index is 0. The zero-order chi connectivity index (χ0) is 22.2. The van der Waals surface area contributed by atoms with Gasteiger partial charge in [0.15, 0.2) is 5.96 Å². The van der Waals surface area contributed by atoms with Gasteiger partial charge >= 0.3 is 0 Å². The molecule has 0 aliphatic heterocycles. The lowest BCUT2D eigenvalue weighted by Crippen LogP contribution is -2.43. The Balaban J connectivity index is 0.00000363. The third-order valence-corrected chi connectivity index (χ3v) is 6.10. The maximum atomic E-state index is 6.22. The topological polar surface area (TPSA) is 63.5 Å². The van der Waals surface area contributed by atoms with Gasteiger partial charge in [-0.2, -0.15) is 5.10 Å². The molecule has 0 spiro atoms. The second-order valence-corrected chi connectivity index (χ2v) is 8.59. The number of halogens is 1. The van der Waals surface area contributed by atoms with Gasteiger partial charge in [-0.3, -0.25) is 9.67 Å². The molecule has 2 unspecified atom stereocenters. The maximum Gasteiger partial charge on any atom is 0.191 e. The van der Waals surface area contributed by atoms with Gasteiger partial charge in [0.05, 0.1) is 11.8 Å². The minimum absolute atomic E-state index is 0. The van der Waals surface area contributed by atoms with Crippen molar-refractivity contribution in [3.8, 4) is 0 Å². The molecule has 1 aromatic carbocycles. The Morgan fingerprint density at radius 1 is 1.31 bits per heavy atom. The lowest BCUT2D eigenvalue weighted by molar-refractivity contribution is 0.0403. The highest BCUT2D eigenvalue weighted by molar-refractivity contribution is 14.0. The zero-order valence-electron chi connectivity index (χ0n) is 20.3. The summed E-state index contributed by atoms with van der Waals surface area (Å²) in [7, 11) is 2.00. The van der Waals surface area contributed by atoms with Gasteiger partial charge in [0.2, 0.25) is 0 Å². The van der Waals surface area contributed by atoms with Crippen molar-refractivity contribution in [2.45, 2.75) is 71.9 Å². The van der Waals surface area contributed by atoms with E-state index in [1.807, 2.05) is 11.7 Å². The highest BCUT2D eigenvalue weighted by Gasteiger charge is 2.20. The van der Waals surface area contributed by atoms with E-state index < -0.39 is 0 Å². The van der Waals surface area contributed by atoms with E-state index in [0.717, 1.165) is 50.6 Å². The second kappa shape index (κ2) is 13.2. The van der Waals surface area contributed by atoms with Crippen molar-refractivity contribution in [1.29, 1.82) is 0 Å². The van der Waals surface area contributed by atoms with Crippen molar-refractivity contribution in [3.05, 3.63) is 52.3 Å². The second-order valence-electron chi connectivity index (χ2n) is 8.59. The van der Waals surface area contributed by atoms with E-state index >= 15 is 0 Å². The number of hydrogen-bond donors (Lipinski definition) is 2. The Morgan fingerprint density at radius 3 is 2.81 bits per heavy atom. The molecule has 7 heteroatoms. The molecule has 1 aliphatic carbocycles. The molecule has 6 nitrogen and oxygen atoms in total. The first kappa shape index (κ1) is 26.6. The monoisotopic (exact) mass is 553 g/mol. The Morgan fingerprint density at radius 2 is 2.09 bits per heavy atom. The lowest BCUT2D eigenvalue weighted by Gasteiger charge is -2.25. The van der Waals surface area contributed by atoms with Gasteiger partial charge < -0.3 is 15.4 Å². The number of nitrogens with zero attached hydrogens (tertiary/aromatic N) is 3. The largest absolute Gasteiger partial charge is 0.373 e. The average Bonchev–Trinajstić information content (AvgIpc) is 2.99. The number of aliphatic imine (C=N–C) groups is 1. The number of aryl methyl sites for hydroxylation is 3. The Hall–Kier alpha value is -1.61. The van der Waals surface area contributed by atoms with E-state index in [2.05, 4.69) is 67.7 Å². The normalized spacial score (nSPS) is 16.8. The molecule has 0 saturated heterocycles. The van der Waals surface area contributed by atoms with Crippen molar-refractivity contribution < 1.29 is 4.74 Å². The summed E-state index contributed by atoms with van der Waals surface area (Å²) in [6.07, 6.45) is 5.60. The number of hydrogen-bond acceptors (Lipinski definition) is 3. The van der Waals surface area contributed by atoms with E-state index in [1.54, 1.807) is 0 Å². The van der Waals surface area contributed by atoms with Crippen molar-refractivity contribution in [2.75, 3.05) is 19.7 Å². The van der Waals surface area contributed by atoms with Gasteiger partial charge in [0, 0.05) is 38.5 Å². The van der Waals surface area contributed by atoms with Crippen LogP contribution >= 0.6 is 24.0 Å². The molecule has 0 bridgehead atoms. The summed E-state index contributed by atoms with van der Waals surface area (Å²) in [5.41, 5.74) is 6.48. The number of benzene rings is 1. The van der Waals surface area contributed by atoms with Gasteiger partial charge in [-0.05, 0) is 76.5 Å². The molecule has 1 aliphatic rings. The first-order chi connectivity index (χ1) is 15.0. The first-order valence-corrected chi connectivity index (χ1v) is 11.7. The third kappa shape index (κ3) is 7.20. The van der Waals surface area contributed by atoms with E-state index in [9.17, 15) is 0 Å². The average molecular weight is 554 g/mol. The fourth-order valence-corrected chi connectivity index (χ4v) is 4.39. The Kier molecular flexibility index (Phi) is 11.0. The summed E-state index contributed by atoms with van der Waals surface area (Å²) >= 11 is 0. The van der Waals surface area contributed by atoms with Crippen LogP contribution < -0.4 is 10.6 Å². The zero-order valence-corrected chi connectivity index (χ0v) is 22.6. The van der Waals surface area contributed by atoms with Crippen LogP contribution in [0.4, 0.5) is 0 Å². The summed E-state index contributed by atoms with van der Waals surface area (Å²) < 4.78 is 8.18. The smallest absolute Gasteiger partial charge is 0.191 e. The van der Waals surface area contributed by atoms with Crippen molar-refractivity contribution >= 4 is 29.9 Å². The number of fused-ring (bicyclic) bond motifs is 1. The molecule has 1 heterocycles. The van der Waals surface area contributed by atoms with Gasteiger partial charge in [-0.25, -0.2) is 0 Å². The molecule has 0 fully saturated rings. The van der Waals surface area contributed by atoms with Gasteiger partial charge in [0.1, 0.15) is 0 Å². The van der Waals surface area contributed by atoms with Crippen LogP contribution in [-0.4, -0.2) is 41.5 Å². The molecular weight excluding hydrogens is 513 g/mol. The summed E-state index contributed by atoms with van der Waals surface area (Å²) in [6, 6.07) is 8.98. The Labute approximate surface area is 210 Å². The molecule has 1 aromatic heterocycles. The van der Waals surface area contributed by atoms with Gasteiger partial charge in [-0.1, -0.05) is 24.3 Å². The molecule has 0 amide bonds. The maximum absolute atomic E-state index is 6.22. The summed E-state index contributed by atoms with van der Waals surface area (Å²) in [4.78, 5) is 4.77. The predicted octanol–water partition coefficient (Wildman–Crippen LogP) is 4.63. The van der Waals surface area contributed by atoms with Crippen molar-refractivity contribution in [2.24, 2.45) is 12.0 Å². The molecule has 178 valence electrons. The number of ether oxygens (including phenoxy) is 1. The van der Waals surface area contributed by atoms with Gasteiger partial charge in [0.25, 0.3) is 0 Å².